The zero-order chi connectivity index (χ0) is 14.0. The molecule has 3 nitrogen and oxygen atoms in total. The first-order chi connectivity index (χ1) is 8.95. The molecule has 0 saturated heterocycles. The van der Waals surface area contributed by atoms with Crippen LogP contribution in [0.4, 0.5) is 0 Å². The van der Waals surface area contributed by atoms with Crippen LogP contribution >= 0.6 is 15.9 Å². The van der Waals surface area contributed by atoms with Gasteiger partial charge < -0.3 is 4.74 Å². The second-order valence-corrected chi connectivity index (χ2v) is 5.79. The number of halogens is 1. The average molecular weight is 321 g/mol. The van der Waals surface area contributed by atoms with Gasteiger partial charge in [0, 0.05) is 15.9 Å². The molecular formula is C15H17BrN2O. The number of aromatic nitrogens is 2. The molecule has 2 aromatic rings. The molecule has 0 spiro atoms. The highest BCUT2D eigenvalue weighted by molar-refractivity contribution is 9.10. The smallest absolute Gasteiger partial charge is 0.322 e. The van der Waals surface area contributed by atoms with E-state index in [0.717, 1.165) is 27.2 Å². The number of aryl methyl sites for hydroxylation is 2. The van der Waals surface area contributed by atoms with Crippen LogP contribution in [0.3, 0.4) is 0 Å². The predicted molar refractivity (Wildman–Crippen MR) is 79.8 cm³/mol. The molecule has 0 fully saturated rings. The van der Waals surface area contributed by atoms with Gasteiger partial charge in [-0.25, -0.2) is 9.97 Å². The van der Waals surface area contributed by atoms with Crippen molar-refractivity contribution in [1.82, 2.24) is 9.97 Å². The molecular weight excluding hydrogens is 304 g/mol. The summed E-state index contributed by atoms with van der Waals surface area (Å²) in [6.07, 6.45) is 0. The first-order valence-electron chi connectivity index (χ1n) is 6.25. The van der Waals surface area contributed by atoms with E-state index in [-0.39, 0.29) is 0 Å². The van der Waals surface area contributed by atoms with Gasteiger partial charge in [0.1, 0.15) is 5.75 Å². The molecule has 0 N–H and O–H groups in total. The summed E-state index contributed by atoms with van der Waals surface area (Å²) in [5.74, 6) is 1.18. The van der Waals surface area contributed by atoms with Gasteiger partial charge in [0.15, 0.2) is 0 Å². The molecule has 0 unspecified atom stereocenters. The quantitative estimate of drug-likeness (QED) is 0.816. The lowest BCUT2D eigenvalue weighted by atomic mass is 10.0. The molecule has 0 saturated carbocycles. The highest BCUT2D eigenvalue weighted by Crippen LogP contribution is 2.31. The Morgan fingerprint density at radius 2 is 1.68 bits per heavy atom. The Balaban J connectivity index is 2.37. The number of hydrogen-bond acceptors (Lipinski definition) is 3. The first kappa shape index (κ1) is 14.0. The highest BCUT2D eigenvalue weighted by Gasteiger charge is 2.11. The van der Waals surface area contributed by atoms with E-state index in [0.29, 0.717) is 11.9 Å². The van der Waals surface area contributed by atoms with E-state index in [4.69, 9.17) is 4.74 Å². The molecule has 0 amide bonds. The third kappa shape index (κ3) is 3.53. The van der Waals surface area contributed by atoms with Gasteiger partial charge in [0.05, 0.1) is 0 Å². The van der Waals surface area contributed by atoms with Crippen molar-refractivity contribution in [3.63, 3.8) is 0 Å². The summed E-state index contributed by atoms with van der Waals surface area (Å²) in [4.78, 5) is 8.61. The average Bonchev–Trinajstić information content (AvgIpc) is 2.30. The molecule has 0 aliphatic rings. The van der Waals surface area contributed by atoms with Gasteiger partial charge in [-0.05, 0) is 49.6 Å². The standard InChI is InChI=1S/C15H17BrN2O/c1-9(2)13-8-12(16)5-6-14(13)19-15-17-10(3)7-11(4)18-15/h5-9H,1-4H3. The van der Waals surface area contributed by atoms with E-state index in [1.54, 1.807) is 0 Å². The van der Waals surface area contributed by atoms with Gasteiger partial charge in [0.25, 0.3) is 0 Å². The Kier molecular flexibility index (Phi) is 4.20. The zero-order valence-electron chi connectivity index (χ0n) is 11.6. The number of benzene rings is 1. The Labute approximate surface area is 122 Å². The lowest BCUT2D eigenvalue weighted by Crippen LogP contribution is -1.99. The van der Waals surface area contributed by atoms with E-state index < -0.39 is 0 Å². The summed E-state index contributed by atoms with van der Waals surface area (Å²) in [5.41, 5.74) is 2.95. The third-order valence-electron chi connectivity index (χ3n) is 2.76. The Bertz CT molecular complexity index is 576. The largest absolute Gasteiger partial charge is 0.424 e. The minimum absolute atomic E-state index is 0.374. The molecule has 0 aliphatic carbocycles. The van der Waals surface area contributed by atoms with Crippen LogP contribution in [-0.4, -0.2) is 9.97 Å². The molecule has 19 heavy (non-hydrogen) atoms. The van der Waals surface area contributed by atoms with Crippen molar-refractivity contribution in [2.24, 2.45) is 0 Å². The van der Waals surface area contributed by atoms with Crippen LogP contribution < -0.4 is 4.74 Å². The second-order valence-electron chi connectivity index (χ2n) is 4.87. The topological polar surface area (TPSA) is 35.0 Å². The summed E-state index contributed by atoms with van der Waals surface area (Å²) >= 11 is 3.49. The number of rotatable bonds is 3. The zero-order valence-corrected chi connectivity index (χ0v) is 13.2. The molecule has 0 aliphatic heterocycles. The maximum absolute atomic E-state index is 5.84. The minimum Gasteiger partial charge on any atom is -0.424 e. The van der Waals surface area contributed by atoms with E-state index >= 15 is 0 Å². The van der Waals surface area contributed by atoms with Crippen LogP contribution in [0.1, 0.15) is 36.7 Å². The van der Waals surface area contributed by atoms with Crippen molar-refractivity contribution in [3.05, 3.63) is 45.7 Å². The summed E-state index contributed by atoms with van der Waals surface area (Å²) in [5, 5.41) is 0. The normalized spacial score (nSPS) is 10.8. The number of hydrogen-bond donors (Lipinski definition) is 0. The number of nitrogens with zero attached hydrogens (tertiary/aromatic N) is 2. The van der Waals surface area contributed by atoms with E-state index in [2.05, 4.69) is 45.8 Å². The third-order valence-corrected chi connectivity index (χ3v) is 3.25. The van der Waals surface area contributed by atoms with Crippen LogP contribution in [0.15, 0.2) is 28.7 Å². The predicted octanol–water partition coefficient (Wildman–Crippen LogP) is 4.77. The molecule has 4 heteroatoms. The van der Waals surface area contributed by atoms with Crippen molar-refractivity contribution in [1.29, 1.82) is 0 Å². The molecule has 0 radical (unpaired) electrons. The van der Waals surface area contributed by atoms with Crippen molar-refractivity contribution >= 4 is 15.9 Å². The lowest BCUT2D eigenvalue weighted by molar-refractivity contribution is 0.431. The fraction of sp³-hybridized carbons (Fsp3) is 0.333. The molecule has 1 heterocycles. The Hall–Kier alpha value is -1.42. The second kappa shape index (κ2) is 5.70. The summed E-state index contributed by atoms with van der Waals surface area (Å²) in [6, 6.07) is 8.31. The van der Waals surface area contributed by atoms with Crippen molar-refractivity contribution in [2.45, 2.75) is 33.6 Å². The monoisotopic (exact) mass is 320 g/mol. The van der Waals surface area contributed by atoms with E-state index in [1.807, 2.05) is 32.0 Å². The molecule has 0 bridgehead atoms. The fourth-order valence-electron chi connectivity index (χ4n) is 1.90. The van der Waals surface area contributed by atoms with Gasteiger partial charge in [-0.15, -0.1) is 0 Å². The lowest BCUT2D eigenvalue weighted by Gasteiger charge is -2.13. The van der Waals surface area contributed by atoms with Crippen LogP contribution in [0.5, 0.6) is 11.8 Å². The first-order valence-corrected chi connectivity index (χ1v) is 7.04. The number of ether oxygens (including phenoxy) is 1. The molecule has 1 aromatic heterocycles. The maximum Gasteiger partial charge on any atom is 0.322 e. The Morgan fingerprint density at radius 3 is 2.26 bits per heavy atom. The van der Waals surface area contributed by atoms with E-state index in [9.17, 15) is 0 Å². The summed E-state index contributed by atoms with van der Waals surface area (Å²) in [6.45, 7) is 8.15. The molecule has 1 aromatic carbocycles. The van der Waals surface area contributed by atoms with Gasteiger partial charge in [0.2, 0.25) is 0 Å². The van der Waals surface area contributed by atoms with Crippen LogP contribution in [-0.2, 0) is 0 Å². The maximum atomic E-state index is 5.84. The summed E-state index contributed by atoms with van der Waals surface area (Å²) < 4.78 is 6.89. The molecule has 0 atom stereocenters. The van der Waals surface area contributed by atoms with Gasteiger partial charge in [-0.2, -0.15) is 0 Å². The van der Waals surface area contributed by atoms with Crippen LogP contribution in [0.25, 0.3) is 0 Å². The Morgan fingerprint density at radius 1 is 1.05 bits per heavy atom. The van der Waals surface area contributed by atoms with Crippen molar-refractivity contribution in [3.8, 4) is 11.8 Å². The minimum atomic E-state index is 0.374. The van der Waals surface area contributed by atoms with E-state index in [1.165, 1.54) is 0 Å². The van der Waals surface area contributed by atoms with Gasteiger partial charge in [-0.3, -0.25) is 0 Å². The molecule has 100 valence electrons. The van der Waals surface area contributed by atoms with Gasteiger partial charge in [-0.1, -0.05) is 29.8 Å². The van der Waals surface area contributed by atoms with Crippen molar-refractivity contribution in [2.75, 3.05) is 0 Å². The molecule has 2 rings (SSSR count). The summed E-state index contributed by atoms with van der Waals surface area (Å²) in [7, 11) is 0. The van der Waals surface area contributed by atoms with Crippen LogP contribution in [0.2, 0.25) is 0 Å². The fourth-order valence-corrected chi connectivity index (χ4v) is 2.28. The van der Waals surface area contributed by atoms with Crippen molar-refractivity contribution < 1.29 is 4.74 Å². The van der Waals surface area contributed by atoms with Gasteiger partial charge >= 0.3 is 6.01 Å². The SMILES string of the molecule is Cc1cc(C)nc(Oc2ccc(Br)cc2C(C)C)n1. The van der Waals surface area contributed by atoms with Crippen LogP contribution in [0, 0.1) is 13.8 Å². The highest BCUT2D eigenvalue weighted by atomic mass is 79.9.